The van der Waals surface area contributed by atoms with Gasteiger partial charge in [0.2, 0.25) is 0 Å². The summed E-state index contributed by atoms with van der Waals surface area (Å²) in [5.74, 6) is 0. The van der Waals surface area contributed by atoms with E-state index in [0.717, 1.165) is 19.3 Å². The molecule has 0 bridgehead atoms. The minimum atomic E-state index is 0.964. The van der Waals surface area contributed by atoms with Crippen LogP contribution in [0.2, 0.25) is 0 Å². The zero-order valence-electron chi connectivity index (χ0n) is 12.1. The molecule has 0 radical (unpaired) electrons. The van der Waals surface area contributed by atoms with Gasteiger partial charge in [-0.05, 0) is 56.8 Å². The van der Waals surface area contributed by atoms with Gasteiger partial charge in [-0.15, -0.1) is 6.58 Å². The number of allylic oxidation sites excluding steroid dienone is 3. The molecule has 2 aromatic carbocycles. The van der Waals surface area contributed by atoms with E-state index in [4.69, 9.17) is 0 Å². The normalized spacial score (nSPS) is 14.8. The molecule has 0 heteroatoms. The first kappa shape index (κ1) is 12.4. The van der Waals surface area contributed by atoms with E-state index < -0.39 is 0 Å². The van der Waals surface area contributed by atoms with Crippen molar-refractivity contribution in [3.63, 3.8) is 0 Å². The molecular formula is C21H18. The third-order valence-electron chi connectivity index (χ3n) is 4.53. The molecule has 0 amide bonds. The Morgan fingerprint density at radius 3 is 2.62 bits per heavy atom. The third kappa shape index (κ3) is 1.99. The minimum Gasteiger partial charge on any atom is -0.103 e. The van der Waals surface area contributed by atoms with Gasteiger partial charge in [0.25, 0.3) is 0 Å². The molecule has 0 fully saturated rings. The quantitative estimate of drug-likeness (QED) is 0.735. The smallest absolute Gasteiger partial charge is 0.00790 e. The predicted octanol–water partition coefficient (Wildman–Crippen LogP) is 3.15. The van der Waals surface area contributed by atoms with Gasteiger partial charge in [0, 0.05) is 0 Å². The minimum absolute atomic E-state index is 0.964. The van der Waals surface area contributed by atoms with Gasteiger partial charge in [-0.3, -0.25) is 0 Å². The van der Waals surface area contributed by atoms with Crippen LogP contribution < -0.4 is 10.4 Å². The van der Waals surface area contributed by atoms with Crippen molar-refractivity contribution in [2.75, 3.05) is 0 Å². The number of rotatable bonds is 2. The van der Waals surface area contributed by atoms with Crippen LogP contribution in [0.15, 0.2) is 60.7 Å². The monoisotopic (exact) mass is 270 g/mol. The van der Waals surface area contributed by atoms with Crippen LogP contribution in [-0.2, 0) is 12.8 Å². The summed E-state index contributed by atoms with van der Waals surface area (Å²) in [4.78, 5) is 0. The second-order valence-corrected chi connectivity index (χ2v) is 5.78. The topological polar surface area (TPSA) is 0 Å². The molecule has 0 saturated heterocycles. The maximum atomic E-state index is 3.84. The molecule has 0 N–H and O–H groups in total. The van der Waals surface area contributed by atoms with E-state index in [9.17, 15) is 0 Å². The summed E-state index contributed by atoms with van der Waals surface area (Å²) in [7, 11) is 0. The van der Waals surface area contributed by atoms with Gasteiger partial charge < -0.3 is 0 Å². The summed E-state index contributed by atoms with van der Waals surface area (Å²) in [5, 5.41) is 5.55. The average molecular weight is 270 g/mol. The van der Waals surface area contributed by atoms with E-state index in [1.54, 1.807) is 0 Å². The lowest BCUT2D eigenvalue weighted by molar-refractivity contribution is 1.08. The van der Waals surface area contributed by atoms with Crippen molar-refractivity contribution < 1.29 is 0 Å². The van der Waals surface area contributed by atoms with Gasteiger partial charge in [0.05, 0.1) is 0 Å². The largest absolute Gasteiger partial charge is 0.103 e. The van der Waals surface area contributed by atoms with E-state index in [0.29, 0.717) is 0 Å². The first-order valence-corrected chi connectivity index (χ1v) is 7.59. The van der Waals surface area contributed by atoms with Crippen molar-refractivity contribution in [1.29, 1.82) is 0 Å². The lowest BCUT2D eigenvalue weighted by Gasteiger charge is -2.16. The maximum absolute atomic E-state index is 3.84. The van der Waals surface area contributed by atoms with Crippen molar-refractivity contribution in [2.45, 2.75) is 19.3 Å². The van der Waals surface area contributed by atoms with Crippen LogP contribution in [0.1, 0.15) is 17.5 Å². The first-order valence-electron chi connectivity index (χ1n) is 7.59. The van der Waals surface area contributed by atoms with Crippen molar-refractivity contribution in [3.8, 4) is 0 Å². The van der Waals surface area contributed by atoms with Crippen LogP contribution in [0.4, 0.5) is 0 Å². The maximum Gasteiger partial charge on any atom is -0.00790 e. The summed E-state index contributed by atoms with van der Waals surface area (Å²) in [5.41, 5.74) is 4.40. The number of hydrogen-bond donors (Lipinski definition) is 0. The molecule has 2 aliphatic rings. The number of hydrogen-bond acceptors (Lipinski definition) is 0. The fourth-order valence-corrected chi connectivity index (χ4v) is 3.51. The zero-order valence-corrected chi connectivity index (χ0v) is 12.1. The zero-order chi connectivity index (χ0) is 14.2. The summed E-state index contributed by atoms with van der Waals surface area (Å²) < 4.78 is 0. The lowest BCUT2D eigenvalue weighted by atomic mass is 9.89. The molecule has 0 heterocycles. The highest BCUT2D eigenvalue weighted by molar-refractivity contribution is 5.56. The van der Waals surface area contributed by atoms with Crippen molar-refractivity contribution in [1.82, 2.24) is 0 Å². The molecule has 4 rings (SSSR count). The molecule has 0 aromatic heterocycles. The Morgan fingerprint density at radius 1 is 0.857 bits per heavy atom. The molecule has 0 unspecified atom stereocenters. The Morgan fingerprint density at radius 2 is 1.71 bits per heavy atom. The van der Waals surface area contributed by atoms with E-state index in [-0.39, 0.29) is 0 Å². The molecule has 2 aromatic rings. The van der Waals surface area contributed by atoms with Gasteiger partial charge in [0.15, 0.2) is 0 Å². The van der Waals surface area contributed by atoms with Crippen LogP contribution in [-0.4, -0.2) is 0 Å². The Hall–Kier alpha value is -2.34. The number of fused-ring (bicyclic) bond motifs is 4. The Bertz CT molecular complexity index is 972. The third-order valence-corrected chi connectivity index (χ3v) is 4.53. The molecule has 0 atom stereocenters. The van der Waals surface area contributed by atoms with E-state index in [1.807, 2.05) is 6.08 Å². The highest BCUT2D eigenvalue weighted by Crippen LogP contribution is 2.18. The standard InChI is InChI=1S/C21H18/c1-2-5-15-8-11-19-17(14-15)10-13-20-18-7-4-3-6-16(18)9-12-21(19)20/h2-4,6-10,13-14H,1,5,11-12H2. The lowest BCUT2D eigenvalue weighted by Crippen LogP contribution is -2.19. The van der Waals surface area contributed by atoms with Crippen molar-refractivity contribution in [2.24, 2.45) is 0 Å². The van der Waals surface area contributed by atoms with Crippen LogP contribution in [0, 0.1) is 10.4 Å². The van der Waals surface area contributed by atoms with Gasteiger partial charge in [-0.2, -0.15) is 0 Å². The number of benzene rings is 2. The second-order valence-electron chi connectivity index (χ2n) is 5.78. The summed E-state index contributed by atoms with van der Waals surface area (Å²) in [6.07, 6.45) is 12.1. The van der Waals surface area contributed by atoms with E-state index in [1.165, 1.54) is 37.6 Å². The molecule has 102 valence electrons. The van der Waals surface area contributed by atoms with E-state index >= 15 is 0 Å². The second kappa shape index (κ2) is 4.89. The molecule has 2 aliphatic carbocycles. The fraction of sp³-hybridized carbons (Fsp3) is 0.143. The first-order chi connectivity index (χ1) is 10.4. The van der Waals surface area contributed by atoms with Gasteiger partial charge >= 0.3 is 0 Å². The molecule has 0 aliphatic heterocycles. The fourth-order valence-electron chi connectivity index (χ4n) is 3.51. The Labute approximate surface area is 124 Å². The average Bonchev–Trinajstić information content (AvgIpc) is 2.54. The van der Waals surface area contributed by atoms with Crippen LogP contribution in [0.5, 0.6) is 0 Å². The predicted molar refractivity (Wildman–Crippen MR) is 89.0 cm³/mol. The van der Waals surface area contributed by atoms with Crippen molar-refractivity contribution in [3.05, 3.63) is 92.7 Å². The summed E-state index contributed by atoms with van der Waals surface area (Å²) in [6, 6.07) is 13.3. The van der Waals surface area contributed by atoms with Gasteiger partial charge in [-0.25, -0.2) is 0 Å². The van der Waals surface area contributed by atoms with Crippen molar-refractivity contribution >= 4 is 12.2 Å². The highest BCUT2D eigenvalue weighted by atomic mass is 14.1. The molecular weight excluding hydrogens is 252 g/mol. The SMILES string of the molecule is C=CCC1=CCc2c3c(ccc2=C1)=c1ccccc1=CC3. The van der Waals surface area contributed by atoms with Crippen LogP contribution in [0.3, 0.4) is 0 Å². The molecule has 21 heavy (non-hydrogen) atoms. The van der Waals surface area contributed by atoms with Gasteiger partial charge in [0.1, 0.15) is 0 Å². The van der Waals surface area contributed by atoms with Gasteiger partial charge in [-0.1, -0.05) is 60.7 Å². The Balaban J connectivity index is 2.04. The van der Waals surface area contributed by atoms with E-state index in [2.05, 4.69) is 61.2 Å². The molecule has 0 spiro atoms. The summed E-state index contributed by atoms with van der Waals surface area (Å²) >= 11 is 0. The highest BCUT2D eigenvalue weighted by Gasteiger charge is 2.11. The molecule has 0 saturated carbocycles. The molecule has 0 nitrogen and oxygen atoms in total. The summed E-state index contributed by atoms with van der Waals surface area (Å²) in [6.45, 7) is 3.84. The van der Waals surface area contributed by atoms with Crippen LogP contribution in [0.25, 0.3) is 12.2 Å². The van der Waals surface area contributed by atoms with Crippen LogP contribution >= 0.6 is 0 Å². The Kier molecular flexibility index (Phi) is 2.89.